The molecule has 0 saturated carbocycles. The molecule has 764 valence electrons. The SMILES string of the molecule is CC(C)N1CCC(c2ccc3nc(-c4ccc5nn(C)cc5c4)cc(=O)n3c2)CC1.CNC1CCN(c2cc(C)c3nc(-c4cc5c(C)nc(C)cn5n4)cc(=O)n3c2)CC1.Cc1cn2cc(-c3cc(=O)n4cc(C5CCNCC5)ccc4n3)cc(C)c2n1.Cc1cn2nc(-c3cc(=O)n4cc(N5CCC(NCCO)CC5)cc(C)c4n3)cc2c(C)n1.Cn1cc2cc(-c3cc(=O)n4cc(C5CCNCC5)ccc4n3)ccc2n1. The van der Waals surface area contributed by atoms with Gasteiger partial charge in [-0.25, -0.2) is 38.9 Å². The number of nitrogens with zero attached hydrogens (tertiary/aromatic N) is 25. The average molecular weight is 2000 g/mol. The smallest absolute Gasteiger partial charge is 0.258 e. The van der Waals surface area contributed by atoms with E-state index >= 15 is 0 Å². The first-order valence-corrected chi connectivity index (χ1v) is 52.0. The number of anilines is 2. The summed E-state index contributed by atoms with van der Waals surface area (Å²) in [6.45, 7) is 31.2. The predicted octanol–water partition coefficient (Wildman–Crippen LogP) is 14.0. The molecular formula is C114H127N29O6. The molecule has 20 aromatic rings. The Labute approximate surface area is 860 Å². The van der Waals surface area contributed by atoms with Crippen molar-refractivity contribution < 1.29 is 5.11 Å². The minimum Gasteiger partial charge on any atom is -0.395 e. The van der Waals surface area contributed by atoms with Gasteiger partial charge in [0.05, 0.1) is 109 Å². The molecule has 25 rings (SSSR count). The van der Waals surface area contributed by atoms with Gasteiger partial charge < -0.3 is 45.5 Å². The minimum atomic E-state index is -0.123. The molecule has 5 aliphatic rings. The van der Waals surface area contributed by atoms with E-state index in [1.807, 2.05) is 222 Å². The van der Waals surface area contributed by atoms with Crippen LogP contribution >= 0.6 is 0 Å². The topological polar surface area (TPSA) is 363 Å². The van der Waals surface area contributed by atoms with Gasteiger partial charge in [0.15, 0.2) is 0 Å². The lowest BCUT2D eigenvalue weighted by molar-refractivity contribution is 0.172. The number of pyridine rings is 6. The second kappa shape index (κ2) is 42.4. The highest BCUT2D eigenvalue weighted by Crippen LogP contribution is 2.35. The number of piperidine rings is 5. The fourth-order valence-electron chi connectivity index (χ4n) is 21.9. The number of aliphatic hydroxyl groups excluding tert-OH is 1. The third-order valence-electron chi connectivity index (χ3n) is 30.0. The number of aromatic nitrogens is 22. The van der Waals surface area contributed by atoms with Crippen LogP contribution in [0.4, 0.5) is 11.4 Å². The van der Waals surface area contributed by atoms with Crippen molar-refractivity contribution in [2.45, 2.75) is 169 Å². The van der Waals surface area contributed by atoms with Crippen LogP contribution in [0.2, 0.25) is 0 Å². The molecule has 0 unspecified atom stereocenters. The number of hydrogen-bond donors (Lipinski definition) is 5. The first kappa shape index (κ1) is 99.4. The second-order valence-electron chi connectivity index (χ2n) is 40.9. The Bertz CT molecular complexity index is 8800. The molecule has 0 bridgehead atoms. The van der Waals surface area contributed by atoms with Crippen LogP contribution in [-0.4, -0.2) is 219 Å². The lowest BCUT2D eigenvalue weighted by atomic mass is 9.90. The number of aryl methyl sites for hydroxylation is 10. The van der Waals surface area contributed by atoms with Crippen LogP contribution in [0.15, 0.2) is 226 Å². The molecule has 0 radical (unpaired) electrons. The molecule has 2 aromatic carbocycles. The molecule has 0 spiro atoms. The third-order valence-corrected chi connectivity index (χ3v) is 30.0. The molecule has 5 aliphatic heterocycles. The molecule has 35 heteroatoms. The lowest BCUT2D eigenvalue weighted by Gasteiger charge is -2.34. The summed E-state index contributed by atoms with van der Waals surface area (Å²) in [5.41, 5.74) is 28.3. The van der Waals surface area contributed by atoms with Crippen molar-refractivity contribution in [3.05, 3.63) is 315 Å². The number of likely N-dealkylation sites (tertiary alicyclic amines) is 1. The van der Waals surface area contributed by atoms with E-state index < -0.39 is 0 Å². The Balaban J connectivity index is 0.000000109. The highest BCUT2D eigenvalue weighted by molar-refractivity contribution is 5.85. The van der Waals surface area contributed by atoms with E-state index in [2.05, 4.69) is 115 Å². The molecule has 18 aromatic heterocycles. The molecule has 35 nitrogen and oxygen atoms in total. The van der Waals surface area contributed by atoms with Gasteiger partial charge >= 0.3 is 0 Å². The zero-order valence-corrected chi connectivity index (χ0v) is 86.7. The summed E-state index contributed by atoms with van der Waals surface area (Å²) >= 11 is 0. The normalized spacial score (nSPS) is 15.5. The van der Waals surface area contributed by atoms with Crippen molar-refractivity contribution in [1.29, 1.82) is 0 Å². The summed E-state index contributed by atoms with van der Waals surface area (Å²) in [5.74, 6) is 1.52. The van der Waals surface area contributed by atoms with Gasteiger partial charge in [-0.2, -0.15) is 20.4 Å². The molecule has 5 fully saturated rings. The second-order valence-corrected chi connectivity index (χ2v) is 40.9. The van der Waals surface area contributed by atoms with Crippen LogP contribution in [0.3, 0.4) is 0 Å². The van der Waals surface area contributed by atoms with E-state index in [4.69, 9.17) is 30.0 Å². The van der Waals surface area contributed by atoms with Crippen LogP contribution < -0.4 is 58.9 Å². The maximum atomic E-state index is 13.1. The maximum Gasteiger partial charge on any atom is 0.258 e. The number of aliphatic hydroxyl groups is 1. The van der Waals surface area contributed by atoms with Gasteiger partial charge in [-0.15, -0.1) is 0 Å². The summed E-state index contributed by atoms with van der Waals surface area (Å²) in [6.07, 6.45) is 32.3. The van der Waals surface area contributed by atoms with Crippen molar-refractivity contribution in [3.63, 3.8) is 0 Å². The van der Waals surface area contributed by atoms with Crippen LogP contribution in [0.5, 0.6) is 0 Å². The highest BCUT2D eigenvalue weighted by Gasteiger charge is 2.28. The Kier molecular flexibility index (Phi) is 28.3. The van der Waals surface area contributed by atoms with Crippen molar-refractivity contribution in [3.8, 4) is 56.5 Å². The molecule has 0 atom stereocenters. The fourth-order valence-corrected chi connectivity index (χ4v) is 21.9. The zero-order chi connectivity index (χ0) is 103. The summed E-state index contributed by atoms with van der Waals surface area (Å²) in [4.78, 5) is 109. The van der Waals surface area contributed by atoms with Crippen LogP contribution in [0.1, 0.15) is 158 Å². The summed E-state index contributed by atoms with van der Waals surface area (Å²) in [7, 11) is 5.83. The van der Waals surface area contributed by atoms with Crippen LogP contribution in [0.25, 0.3) is 123 Å². The predicted molar refractivity (Wildman–Crippen MR) is 586 cm³/mol. The number of imidazole rings is 1. The molecular weight excluding hydrogens is 1870 g/mol. The van der Waals surface area contributed by atoms with E-state index in [0.29, 0.717) is 111 Å². The Morgan fingerprint density at radius 3 is 1.19 bits per heavy atom. The number of hydrogen-bond acceptors (Lipinski definition) is 25. The van der Waals surface area contributed by atoms with Crippen molar-refractivity contribution >= 4 is 78.1 Å². The van der Waals surface area contributed by atoms with E-state index in [9.17, 15) is 24.0 Å². The molecule has 5 N–H and O–H groups in total. The van der Waals surface area contributed by atoms with Gasteiger partial charge in [0, 0.05) is 179 Å². The average Bonchev–Trinajstić information content (AvgIpc) is 1.73. The van der Waals surface area contributed by atoms with E-state index in [-0.39, 0.29) is 34.4 Å². The molecule has 23 heterocycles. The highest BCUT2D eigenvalue weighted by atomic mass is 16.3. The fraction of sp³-hybridized carbons (Fsp3) is 0.360. The Morgan fingerprint density at radius 1 is 0.362 bits per heavy atom. The lowest BCUT2D eigenvalue weighted by Crippen LogP contribution is -2.43. The third kappa shape index (κ3) is 21.3. The largest absolute Gasteiger partial charge is 0.395 e. The van der Waals surface area contributed by atoms with E-state index in [0.717, 1.165) is 241 Å². The number of fused-ring (bicyclic) bond motifs is 10. The first-order chi connectivity index (χ1) is 72.1. The van der Waals surface area contributed by atoms with Gasteiger partial charge in [0.2, 0.25) is 0 Å². The van der Waals surface area contributed by atoms with Crippen molar-refractivity contribution in [1.82, 2.24) is 131 Å². The van der Waals surface area contributed by atoms with Crippen LogP contribution in [0, 0.1) is 55.4 Å². The van der Waals surface area contributed by atoms with Gasteiger partial charge in [-0.05, 0) is 304 Å². The van der Waals surface area contributed by atoms with Gasteiger partial charge in [0.25, 0.3) is 27.8 Å². The zero-order valence-electron chi connectivity index (χ0n) is 86.7. The molecule has 0 aliphatic carbocycles. The van der Waals surface area contributed by atoms with E-state index in [1.54, 1.807) is 70.7 Å². The van der Waals surface area contributed by atoms with Crippen molar-refractivity contribution in [2.24, 2.45) is 14.1 Å². The Hall–Kier alpha value is -15.5. The van der Waals surface area contributed by atoms with Gasteiger partial charge in [0.1, 0.15) is 45.3 Å². The van der Waals surface area contributed by atoms with Crippen LogP contribution in [-0.2, 0) is 14.1 Å². The first-order valence-electron chi connectivity index (χ1n) is 52.0. The van der Waals surface area contributed by atoms with E-state index in [1.165, 1.54) is 16.7 Å². The number of benzene rings is 2. The molecule has 149 heavy (non-hydrogen) atoms. The monoisotopic (exact) mass is 2000 g/mol. The minimum absolute atomic E-state index is 0.0391. The maximum absolute atomic E-state index is 13.1. The van der Waals surface area contributed by atoms with Gasteiger partial charge in [-0.3, -0.25) is 65.3 Å². The summed E-state index contributed by atoms with van der Waals surface area (Å²) in [6, 6.07) is 44.0. The summed E-state index contributed by atoms with van der Waals surface area (Å²) in [5, 5.41) is 42.7. The van der Waals surface area contributed by atoms with Gasteiger partial charge in [-0.1, -0.05) is 30.3 Å². The standard InChI is InChI=1S/C24H29N7O2.C24H27N5O.C23H27N7O.C22H23N5O.C21H21N5O/c1-15-10-19(29-7-4-18(5-8-29)25-6-9-32)14-30-23(33)12-20(27-24(15)30)21-11-22-17(3)26-16(2)13-31(22)28-21;1-16(2)28-10-8-17(9-11-28)19-5-7-23-25-22(13-24(30)29(23)15-19)18-4-6-21-20(12-18)14-27(3)26-21;1-14-9-18(28-7-5-17(24-4)6-8-28)13-29-22(31)11-19(26-23(14)29)20-10-21-16(3)25-15(2)12-30(21)27-20;1-14-9-18(12-26-11-15(2)24-22(14)26)19-10-21(28)27-13-17(3-4-20(27)25-19)16-5-7-23-8-6-16;1-25-12-17-10-15(2-4-18(17)24-25)19-11-21(27)26-13-16(3-5-20(26)23-19)14-6-8-22-9-7-14/h10-14,18,25,32H,4-9H2,1-3H3;4-7,12-17H,8-11H2,1-3H3;9-13,17,24H,5-8H2,1-4H3;3-4,9-13,16,23H,5-8H2,1-2H3;2-5,10-14,22H,6-9H2,1H3. The molecule has 0 amide bonds. The quantitative estimate of drug-likeness (QED) is 0.0636. The number of nitrogens with one attached hydrogen (secondary N) is 4. The van der Waals surface area contributed by atoms with Crippen molar-refractivity contribution in [2.75, 3.05) is 95.4 Å². The number of rotatable bonds is 15. The molecule has 5 saturated heterocycles. The Morgan fingerprint density at radius 2 is 0.765 bits per heavy atom. The summed E-state index contributed by atoms with van der Waals surface area (Å²) < 4.78 is 17.5.